The first-order chi connectivity index (χ1) is 13.0. The first kappa shape index (κ1) is 22.2. The van der Waals surface area contributed by atoms with Crippen LogP contribution in [0.5, 0.6) is 0 Å². The molecule has 2 saturated heterocycles. The molecular weight excluding hydrogens is 382 g/mol. The van der Waals surface area contributed by atoms with Crippen molar-refractivity contribution in [1.29, 1.82) is 0 Å². The molecule has 0 spiro atoms. The summed E-state index contributed by atoms with van der Waals surface area (Å²) < 4.78 is 4.48. The van der Waals surface area contributed by atoms with Gasteiger partial charge in [-0.2, -0.15) is 0 Å². The molecule has 2 amide bonds. The molecular formula is C20H28ClN3O4. The zero-order valence-electron chi connectivity index (χ0n) is 16.0. The summed E-state index contributed by atoms with van der Waals surface area (Å²) in [5.41, 5.74) is 1.54. The lowest BCUT2D eigenvalue weighted by molar-refractivity contribution is -0.141. The van der Waals surface area contributed by atoms with E-state index in [2.05, 4.69) is 20.7 Å². The number of hydrogen-bond acceptors (Lipinski definition) is 5. The van der Waals surface area contributed by atoms with Crippen LogP contribution in [0.15, 0.2) is 24.3 Å². The van der Waals surface area contributed by atoms with Gasteiger partial charge in [-0.3, -0.25) is 14.4 Å². The number of ether oxygens (including phenoxy) is 1. The fourth-order valence-corrected chi connectivity index (χ4v) is 4.01. The fraction of sp³-hybridized carbons (Fsp3) is 0.550. The zero-order chi connectivity index (χ0) is 19.2. The Morgan fingerprint density at radius 3 is 2.32 bits per heavy atom. The predicted octanol–water partition coefficient (Wildman–Crippen LogP) is 1.80. The first-order valence-corrected chi connectivity index (χ1v) is 9.50. The molecule has 2 bridgehead atoms. The third-order valence-corrected chi connectivity index (χ3v) is 5.30. The van der Waals surface area contributed by atoms with Crippen LogP contribution in [-0.2, 0) is 25.5 Å². The summed E-state index contributed by atoms with van der Waals surface area (Å²) >= 11 is 0. The number of carbonyl (C=O) groups excluding carboxylic acids is 3. The van der Waals surface area contributed by atoms with Gasteiger partial charge >= 0.3 is 5.97 Å². The molecule has 2 unspecified atom stereocenters. The fourth-order valence-electron chi connectivity index (χ4n) is 4.01. The highest BCUT2D eigenvalue weighted by molar-refractivity contribution is 5.91. The minimum absolute atomic E-state index is 0. The Morgan fingerprint density at radius 1 is 1.07 bits per heavy atom. The molecule has 0 aliphatic carbocycles. The van der Waals surface area contributed by atoms with Gasteiger partial charge < -0.3 is 20.7 Å². The second-order valence-corrected chi connectivity index (χ2v) is 7.45. The maximum atomic E-state index is 12.3. The predicted molar refractivity (Wildman–Crippen MR) is 108 cm³/mol. The van der Waals surface area contributed by atoms with E-state index in [0.717, 1.165) is 24.1 Å². The summed E-state index contributed by atoms with van der Waals surface area (Å²) in [4.78, 5) is 35.1. The largest absolute Gasteiger partial charge is 0.468 e. The summed E-state index contributed by atoms with van der Waals surface area (Å²) in [6, 6.07) is 8.38. The number of nitrogens with one attached hydrogen (secondary N) is 3. The number of amides is 2. The van der Waals surface area contributed by atoms with Gasteiger partial charge in [0.25, 0.3) is 0 Å². The third-order valence-electron chi connectivity index (χ3n) is 5.30. The van der Waals surface area contributed by atoms with E-state index < -0.39 is 5.97 Å². The van der Waals surface area contributed by atoms with E-state index >= 15 is 0 Å². The summed E-state index contributed by atoms with van der Waals surface area (Å²) in [5, 5.41) is 9.04. The Hall–Kier alpha value is -2.12. The van der Waals surface area contributed by atoms with Crippen LogP contribution in [0.3, 0.4) is 0 Å². The van der Waals surface area contributed by atoms with Crippen molar-refractivity contribution >= 4 is 35.9 Å². The SMILES string of the molecule is COC(=O)CNC(=O)Cc1ccc(NC(=O)CC2CC3CCC(C2)N3)cc1.Cl. The van der Waals surface area contributed by atoms with Crippen molar-refractivity contribution in [2.45, 2.75) is 50.6 Å². The van der Waals surface area contributed by atoms with Gasteiger partial charge in [-0.25, -0.2) is 0 Å². The van der Waals surface area contributed by atoms with E-state index in [4.69, 9.17) is 0 Å². The molecule has 0 radical (unpaired) electrons. The maximum Gasteiger partial charge on any atom is 0.325 e. The average molecular weight is 410 g/mol. The van der Waals surface area contributed by atoms with Gasteiger partial charge in [0.1, 0.15) is 6.54 Å². The highest BCUT2D eigenvalue weighted by Crippen LogP contribution is 2.32. The summed E-state index contributed by atoms with van der Waals surface area (Å²) in [7, 11) is 1.27. The molecule has 1 aromatic rings. The Labute approximate surface area is 171 Å². The van der Waals surface area contributed by atoms with Gasteiger partial charge in [0.05, 0.1) is 13.5 Å². The zero-order valence-corrected chi connectivity index (χ0v) is 16.8. The molecule has 154 valence electrons. The molecule has 8 heteroatoms. The van der Waals surface area contributed by atoms with Crippen molar-refractivity contribution in [2.75, 3.05) is 19.0 Å². The van der Waals surface area contributed by atoms with Crippen LogP contribution in [0.1, 0.15) is 37.7 Å². The number of fused-ring (bicyclic) bond motifs is 2. The Balaban J connectivity index is 0.00000280. The number of anilines is 1. The van der Waals surface area contributed by atoms with Crippen LogP contribution in [0.4, 0.5) is 5.69 Å². The molecule has 0 saturated carbocycles. The van der Waals surface area contributed by atoms with Gasteiger partial charge in [0.15, 0.2) is 0 Å². The highest BCUT2D eigenvalue weighted by Gasteiger charge is 2.34. The molecule has 3 N–H and O–H groups in total. The molecule has 28 heavy (non-hydrogen) atoms. The van der Waals surface area contributed by atoms with Crippen LogP contribution in [0.25, 0.3) is 0 Å². The van der Waals surface area contributed by atoms with Crippen LogP contribution < -0.4 is 16.0 Å². The number of carbonyl (C=O) groups is 3. The number of halogens is 1. The minimum atomic E-state index is -0.483. The van der Waals surface area contributed by atoms with Crippen molar-refractivity contribution in [2.24, 2.45) is 5.92 Å². The number of hydrogen-bond donors (Lipinski definition) is 3. The number of benzene rings is 1. The van der Waals surface area contributed by atoms with Gasteiger partial charge in [0.2, 0.25) is 11.8 Å². The lowest BCUT2D eigenvalue weighted by Crippen LogP contribution is -2.39. The molecule has 2 aliphatic rings. The molecule has 3 rings (SSSR count). The maximum absolute atomic E-state index is 12.3. The highest BCUT2D eigenvalue weighted by atomic mass is 35.5. The van der Waals surface area contributed by atoms with E-state index in [1.807, 2.05) is 0 Å². The van der Waals surface area contributed by atoms with Crippen LogP contribution in [0.2, 0.25) is 0 Å². The van der Waals surface area contributed by atoms with Gasteiger partial charge in [-0.05, 0) is 49.3 Å². The monoisotopic (exact) mass is 409 g/mol. The Kier molecular flexibility index (Phi) is 8.26. The van der Waals surface area contributed by atoms with Crippen molar-refractivity contribution in [3.63, 3.8) is 0 Å². The quantitative estimate of drug-likeness (QED) is 0.597. The van der Waals surface area contributed by atoms with Crippen LogP contribution in [-0.4, -0.2) is 43.5 Å². The lowest BCUT2D eigenvalue weighted by atomic mass is 9.89. The van der Waals surface area contributed by atoms with E-state index in [1.54, 1.807) is 24.3 Å². The van der Waals surface area contributed by atoms with Crippen molar-refractivity contribution in [1.82, 2.24) is 10.6 Å². The minimum Gasteiger partial charge on any atom is -0.468 e. The summed E-state index contributed by atoms with van der Waals surface area (Å²) in [6.45, 7) is -0.137. The van der Waals surface area contributed by atoms with E-state index in [9.17, 15) is 14.4 Å². The number of methoxy groups -OCH3 is 1. The Bertz CT molecular complexity index is 683. The number of esters is 1. The summed E-state index contributed by atoms with van der Waals surface area (Å²) in [6.07, 6.45) is 5.37. The van der Waals surface area contributed by atoms with Crippen LogP contribution in [0, 0.1) is 5.92 Å². The molecule has 2 atom stereocenters. The molecule has 7 nitrogen and oxygen atoms in total. The topological polar surface area (TPSA) is 96.5 Å². The van der Waals surface area contributed by atoms with E-state index in [-0.39, 0.29) is 37.2 Å². The standard InChI is InChI=1S/C20H27N3O4.ClH/c1-27-20(26)12-21-18(24)10-13-2-4-15(5-3-13)23-19(25)11-14-8-16-6-7-17(9-14)22-16;/h2-5,14,16-17,22H,6-12H2,1H3,(H,21,24)(H,23,25);1H. The number of piperidine rings is 1. The second kappa shape index (κ2) is 10.4. The van der Waals surface area contributed by atoms with Gasteiger partial charge in [0, 0.05) is 24.2 Å². The Morgan fingerprint density at radius 2 is 1.71 bits per heavy atom. The average Bonchev–Trinajstić information content (AvgIpc) is 2.99. The molecule has 1 aromatic carbocycles. The van der Waals surface area contributed by atoms with Gasteiger partial charge in [-0.15, -0.1) is 12.4 Å². The lowest BCUT2D eigenvalue weighted by Gasteiger charge is -2.28. The van der Waals surface area contributed by atoms with Crippen molar-refractivity contribution in [3.8, 4) is 0 Å². The number of rotatable bonds is 7. The normalized spacial score (nSPS) is 22.7. The molecule has 2 aliphatic heterocycles. The van der Waals surface area contributed by atoms with Crippen LogP contribution >= 0.6 is 12.4 Å². The van der Waals surface area contributed by atoms with Gasteiger partial charge in [-0.1, -0.05) is 12.1 Å². The summed E-state index contributed by atoms with van der Waals surface area (Å²) in [5.74, 6) is -0.229. The third kappa shape index (κ3) is 6.49. The van der Waals surface area contributed by atoms with E-state index in [0.29, 0.717) is 24.4 Å². The van der Waals surface area contributed by atoms with Crippen molar-refractivity contribution < 1.29 is 19.1 Å². The smallest absolute Gasteiger partial charge is 0.325 e. The van der Waals surface area contributed by atoms with Crippen molar-refractivity contribution in [3.05, 3.63) is 29.8 Å². The first-order valence-electron chi connectivity index (χ1n) is 9.50. The second-order valence-electron chi connectivity index (χ2n) is 7.45. The van der Waals surface area contributed by atoms with E-state index in [1.165, 1.54) is 20.0 Å². The molecule has 2 fully saturated rings. The molecule has 2 heterocycles. The molecule has 0 aromatic heterocycles.